The summed E-state index contributed by atoms with van der Waals surface area (Å²) in [5, 5.41) is 27.4. The van der Waals surface area contributed by atoms with E-state index in [1.165, 1.54) is 6.07 Å². The van der Waals surface area contributed by atoms with Crippen LogP contribution in [0.25, 0.3) is 0 Å². The van der Waals surface area contributed by atoms with E-state index in [1.807, 2.05) is 0 Å². The second-order valence-electron chi connectivity index (χ2n) is 3.50. The second kappa shape index (κ2) is 2.69. The normalized spacial score (nSPS) is 17.5. The zero-order chi connectivity index (χ0) is 10.3. The maximum absolute atomic E-state index is 13.1. The summed E-state index contributed by atoms with van der Waals surface area (Å²) in [6, 6.07) is 4.07. The van der Waals surface area contributed by atoms with Crippen molar-refractivity contribution < 1.29 is 14.6 Å². The second-order valence-corrected chi connectivity index (χ2v) is 3.50. The lowest BCUT2D eigenvalue weighted by atomic mass is 10.0. The van der Waals surface area contributed by atoms with Crippen LogP contribution in [-0.4, -0.2) is 10.2 Å². The van der Waals surface area contributed by atoms with Crippen LogP contribution in [0.1, 0.15) is 24.0 Å². The Bertz CT molecular complexity index is 432. The number of aliphatic hydroxyl groups is 1. The standard InChI is InChI=1S/C10H8FNO2/c11-8-4-7(10(14)1-2-10)3-6(5-12)9(8)13/h3-4,13-14H,1-2H2. The first-order chi connectivity index (χ1) is 6.57. The van der Waals surface area contributed by atoms with Crippen LogP contribution in [0.2, 0.25) is 0 Å². The van der Waals surface area contributed by atoms with Gasteiger partial charge in [-0.1, -0.05) is 0 Å². The Labute approximate surface area is 80.0 Å². The number of halogens is 1. The van der Waals surface area contributed by atoms with Gasteiger partial charge in [-0.05, 0) is 30.5 Å². The first-order valence-corrected chi connectivity index (χ1v) is 4.22. The monoisotopic (exact) mass is 193 g/mol. The van der Waals surface area contributed by atoms with Gasteiger partial charge in [-0.2, -0.15) is 5.26 Å². The van der Waals surface area contributed by atoms with Gasteiger partial charge in [0.1, 0.15) is 6.07 Å². The maximum atomic E-state index is 13.1. The Hall–Kier alpha value is -1.60. The van der Waals surface area contributed by atoms with Crippen LogP contribution in [0.3, 0.4) is 0 Å². The fourth-order valence-electron chi connectivity index (χ4n) is 1.36. The Balaban J connectivity index is 2.56. The third-order valence-corrected chi connectivity index (χ3v) is 2.44. The molecule has 0 saturated heterocycles. The lowest BCUT2D eigenvalue weighted by Gasteiger charge is -2.09. The predicted octanol–water partition coefficient (Wildman–Crippen LogP) is 1.38. The van der Waals surface area contributed by atoms with Gasteiger partial charge in [0.25, 0.3) is 0 Å². The molecule has 4 heteroatoms. The molecule has 3 nitrogen and oxygen atoms in total. The van der Waals surface area contributed by atoms with Gasteiger partial charge in [-0.15, -0.1) is 0 Å². The van der Waals surface area contributed by atoms with Crippen molar-refractivity contribution >= 4 is 0 Å². The number of benzene rings is 1. The molecule has 0 spiro atoms. The van der Waals surface area contributed by atoms with Gasteiger partial charge in [0.2, 0.25) is 0 Å². The molecule has 0 aliphatic heterocycles. The summed E-state index contributed by atoms with van der Waals surface area (Å²) in [6.07, 6.45) is 1.14. The highest BCUT2D eigenvalue weighted by Gasteiger charge is 2.42. The SMILES string of the molecule is N#Cc1cc(C2(O)CC2)cc(F)c1O. The van der Waals surface area contributed by atoms with Gasteiger partial charge in [0.05, 0.1) is 11.2 Å². The third-order valence-electron chi connectivity index (χ3n) is 2.44. The molecule has 0 radical (unpaired) electrons. The van der Waals surface area contributed by atoms with E-state index in [9.17, 15) is 9.50 Å². The van der Waals surface area contributed by atoms with Crippen LogP contribution in [0.5, 0.6) is 5.75 Å². The van der Waals surface area contributed by atoms with Crippen molar-refractivity contribution in [2.24, 2.45) is 0 Å². The van der Waals surface area contributed by atoms with Crippen LogP contribution >= 0.6 is 0 Å². The highest BCUT2D eigenvalue weighted by atomic mass is 19.1. The van der Waals surface area contributed by atoms with E-state index in [1.54, 1.807) is 6.07 Å². The number of hydrogen-bond donors (Lipinski definition) is 2. The van der Waals surface area contributed by atoms with Crippen molar-refractivity contribution in [3.8, 4) is 11.8 Å². The Kier molecular flexibility index (Phi) is 1.73. The molecule has 1 aromatic rings. The van der Waals surface area contributed by atoms with E-state index < -0.39 is 17.2 Å². The molecule has 1 saturated carbocycles. The molecule has 1 aromatic carbocycles. The van der Waals surface area contributed by atoms with E-state index in [0.29, 0.717) is 18.4 Å². The number of hydrogen-bond acceptors (Lipinski definition) is 3. The molecular formula is C10H8FNO2. The summed E-state index contributed by atoms with van der Waals surface area (Å²) in [6.45, 7) is 0. The number of phenolic OH excluding ortho intramolecular Hbond substituents is 1. The van der Waals surface area contributed by atoms with E-state index in [0.717, 1.165) is 6.07 Å². The smallest absolute Gasteiger partial charge is 0.169 e. The van der Waals surface area contributed by atoms with Crippen LogP contribution in [0, 0.1) is 17.1 Å². The molecule has 1 fully saturated rings. The molecule has 72 valence electrons. The minimum atomic E-state index is -0.986. The van der Waals surface area contributed by atoms with Crippen molar-refractivity contribution in [3.05, 3.63) is 29.1 Å². The number of nitrogens with zero attached hydrogens (tertiary/aromatic N) is 1. The van der Waals surface area contributed by atoms with Crippen LogP contribution in [0.4, 0.5) is 4.39 Å². The number of aromatic hydroxyl groups is 1. The van der Waals surface area contributed by atoms with Gasteiger partial charge in [-0.3, -0.25) is 0 Å². The molecule has 14 heavy (non-hydrogen) atoms. The summed E-state index contributed by atoms with van der Waals surface area (Å²) in [4.78, 5) is 0. The Morgan fingerprint density at radius 3 is 2.57 bits per heavy atom. The molecule has 0 atom stereocenters. The van der Waals surface area contributed by atoms with Crippen molar-refractivity contribution in [1.29, 1.82) is 5.26 Å². The predicted molar refractivity (Wildman–Crippen MR) is 45.9 cm³/mol. The van der Waals surface area contributed by atoms with Crippen molar-refractivity contribution in [1.82, 2.24) is 0 Å². The molecule has 1 aliphatic rings. The quantitative estimate of drug-likeness (QED) is 0.708. The topological polar surface area (TPSA) is 64.2 Å². The maximum Gasteiger partial charge on any atom is 0.169 e. The van der Waals surface area contributed by atoms with Crippen molar-refractivity contribution in [2.75, 3.05) is 0 Å². The summed E-state index contributed by atoms with van der Waals surface area (Å²) < 4.78 is 13.1. The summed E-state index contributed by atoms with van der Waals surface area (Å²) in [5.74, 6) is -1.51. The molecule has 0 heterocycles. The fraction of sp³-hybridized carbons (Fsp3) is 0.300. The van der Waals surface area contributed by atoms with E-state index in [-0.39, 0.29) is 5.56 Å². The fourth-order valence-corrected chi connectivity index (χ4v) is 1.36. The summed E-state index contributed by atoms with van der Waals surface area (Å²) >= 11 is 0. The van der Waals surface area contributed by atoms with Crippen LogP contribution < -0.4 is 0 Å². The van der Waals surface area contributed by atoms with Crippen molar-refractivity contribution in [3.63, 3.8) is 0 Å². The van der Waals surface area contributed by atoms with E-state index in [4.69, 9.17) is 10.4 Å². The van der Waals surface area contributed by atoms with Gasteiger partial charge < -0.3 is 10.2 Å². The molecule has 2 rings (SSSR count). The molecular weight excluding hydrogens is 185 g/mol. The average molecular weight is 193 g/mol. The molecule has 0 bridgehead atoms. The zero-order valence-corrected chi connectivity index (χ0v) is 7.29. The van der Waals surface area contributed by atoms with Gasteiger partial charge >= 0.3 is 0 Å². The Morgan fingerprint density at radius 1 is 1.43 bits per heavy atom. The average Bonchev–Trinajstić information content (AvgIpc) is 2.89. The van der Waals surface area contributed by atoms with Crippen LogP contribution in [-0.2, 0) is 5.60 Å². The van der Waals surface area contributed by atoms with Gasteiger partial charge in [0, 0.05) is 0 Å². The molecule has 1 aliphatic carbocycles. The van der Waals surface area contributed by atoms with Gasteiger partial charge in [0.15, 0.2) is 11.6 Å². The van der Waals surface area contributed by atoms with Gasteiger partial charge in [-0.25, -0.2) is 4.39 Å². The summed E-state index contributed by atoms with van der Waals surface area (Å²) in [7, 11) is 0. The lowest BCUT2D eigenvalue weighted by molar-refractivity contribution is 0.151. The molecule has 0 unspecified atom stereocenters. The highest BCUT2D eigenvalue weighted by molar-refractivity contribution is 5.47. The third kappa shape index (κ3) is 1.22. The first-order valence-electron chi connectivity index (χ1n) is 4.22. The minimum absolute atomic E-state index is 0.139. The van der Waals surface area contributed by atoms with Crippen molar-refractivity contribution in [2.45, 2.75) is 18.4 Å². The zero-order valence-electron chi connectivity index (χ0n) is 7.29. The number of rotatable bonds is 1. The lowest BCUT2D eigenvalue weighted by Crippen LogP contribution is -2.05. The number of nitriles is 1. The number of phenols is 1. The largest absolute Gasteiger partial charge is 0.504 e. The van der Waals surface area contributed by atoms with E-state index >= 15 is 0 Å². The molecule has 0 aromatic heterocycles. The minimum Gasteiger partial charge on any atom is -0.504 e. The summed E-state index contributed by atoms with van der Waals surface area (Å²) in [5.41, 5.74) is -0.759. The molecule has 0 amide bonds. The highest BCUT2D eigenvalue weighted by Crippen LogP contribution is 2.46. The van der Waals surface area contributed by atoms with Crippen LogP contribution in [0.15, 0.2) is 12.1 Å². The van der Waals surface area contributed by atoms with E-state index in [2.05, 4.69) is 0 Å². The first kappa shape index (κ1) is 8.97. The Morgan fingerprint density at radius 2 is 2.07 bits per heavy atom. The molecule has 2 N–H and O–H groups in total.